The van der Waals surface area contributed by atoms with Crippen LogP contribution in [0, 0.1) is 24.2 Å². The molecule has 1 amide bonds. The summed E-state index contributed by atoms with van der Waals surface area (Å²) in [7, 11) is 0. The first-order chi connectivity index (χ1) is 6.49. The summed E-state index contributed by atoms with van der Waals surface area (Å²) < 4.78 is 0. The summed E-state index contributed by atoms with van der Waals surface area (Å²) in [6.07, 6.45) is 5.96. The molecule has 0 aliphatic carbocycles. The highest BCUT2D eigenvalue weighted by atomic mass is 16.1. The van der Waals surface area contributed by atoms with E-state index in [1.165, 1.54) is 13.8 Å². The van der Waals surface area contributed by atoms with E-state index in [9.17, 15) is 9.59 Å². The molecule has 0 bridgehead atoms. The van der Waals surface area contributed by atoms with Crippen LogP contribution in [-0.4, -0.2) is 18.2 Å². The normalized spacial score (nSPS) is 13.9. The minimum absolute atomic E-state index is 0.0729. The molecule has 0 spiro atoms. The van der Waals surface area contributed by atoms with Gasteiger partial charge in [0.2, 0.25) is 5.91 Å². The Morgan fingerprint density at radius 1 is 1.43 bits per heavy atom. The number of rotatable bonds is 5. The van der Waals surface area contributed by atoms with Crippen molar-refractivity contribution in [3.8, 4) is 12.3 Å². The molecule has 0 aromatic rings. The molecular formula is C11H17NO2. The van der Waals surface area contributed by atoms with Gasteiger partial charge in [-0.05, 0) is 13.3 Å². The van der Waals surface area contributed by atoms with Gasteiger partial charge in [0.05, 0.1) is 0 Å². The van der Waals surface area contributed by atoms with Crippen LogP contribution >= 0.6 is 0 Å². The second-order valence-corrected chi connectivity index (χ2v) is 3.44. The topological polar surface area (TPSA) is 46.2 Å². The molecule has 0 aromatic carbocycles. The van der Waals surface area contributed by atoms with Crippen molar-refractivity contribution in [3.63, 3.8) is 0 Å². The average molecular weight is 195 g/mol. The lowest BCUT2D eigenvalue weighted by molar-refractivity contribution is -0.121. The zero-order valence-corrected chi connectivity index (χ0v) is 8.96. The van der Waals surface area contributed by atoms with Gasteiger partial charge < -0.3 is 5.32 Å². The lowest BCUT2D eigenvalue weighted by atomic mass is 9.89. The quantitative estimate of drug-likeness (QED) is 0.665. The summed E-state index contributed by atoms with van der Waals surface area (Å²) in [4.78, 5) is 21.6. The predicted molar refractivity (Wildman–Crippen MR) is 55.5 cm³/mol. The van der Waals surface area contributed by atoms with Crippen molar-refractivity contribution in [2.75, 3.05) is 6.54 Å². The molecule has 1 N–H and O–H groups in total. The van der Waals surface area contributed by atoms with Gasteiger partial charge in [-0.1, -0.05) is 6.92 Å². The maximum absolute atomic E-state index is 11.1. The Kier molecular flexibility index (Phi) is 5.62. The maximum atomic E-state index is 11.1. The number of ketones is 1. The summed E-state index contributed by atoms with van der Waals surface area (Å²) >= 11 is 0. The zero-order valence-electron chi connectivity index (χ0n) is 8.96. The number of amides is 1. The highest BCUT2D eigenvalue weighted by Gasteiger charge is 2.18. The average Bonchev–Trinajstić information content (AvgIpc) is 2.10. The predicted octanol–water partition coefficient (Wildman–Crippen LogP) is 0.987. The monoisotopic (exact) mass is 195 g/mol. The molecule has 0 rings (SSSR count). The van der Waals surface area contributed by atoms with Gasteiger partial charge in [0.25, 0.3) is 0 Å². The van der Waals surface area contributed by atoms with Crippen molar-refractivity contribution in [2.45, 2.75) is 27.2 Å². The van der Waals surface area contributed by atoms with Gasteiger partial charge in [0, 0.05) is 25.3 Å². The fourth-order valence-electron chi connectivity index (χ4n) is 1.16. The van der Waals surface area contributed by atoms with E-state index in [0.29, 0.717) is 13.0 Å². The van der Waals surface area contributed by atoms with Crippen LogP contribution in [0.2, 0.25) is 0 Å². The summed E-state index contributed by atoms with van der Waals surface area (Å²) in [5.74, 6) is 2.39. The van der Waals surface area contributed by atoms with Crippen LogP contribution in [-0.2, 0) is 9.59 Å². The van der Waals surface area contributed by atoms with Crippen LogP contribution in [0.3, 0.4) is 0 Å². The Morgan fingerprint density at radius 3 is 2.36 bits per heavy atom. The first-order valence-corrected chi connectivity index (χ1v) is 4.70. The summed E-state index contributed by atoms with van der Waals surface area (Å²) in [5, 5.41) is 2.66. The van der Waals surface area contributed by atoms with E-state index in [2.05, 4.69) is 11.2 Å². The highest BCUT2D eigenvalue weighted by Crippen LogP contribution is 2.14. The van der Waals surface area contributed by atoms with Crippen molar-refractivity contribution in [1.82, 2.24) is 5.32 Å². The number of carbonyl (C=O) groups is 2. The fraction of sp³-hybridized carbons (Fsp3) is 0.636. The second-order valence-electron chi connectivity index (χ2n) is 3.44. The molecular weight excluding hydrogens is 178 g/mol. The number of hydrogen-bond acceptors (Lipinski definition) is 2. The summed E-state index contributed by atoms with van der Waals surface area (Å²) in [6, 6.07) is 0. The molecule has 0 heterocycles. The van der Waals surface area contributed by atoms with Crippen LogP contribution < -0.4 is 5.32 Å². The molecule has 0 saturated carbocycles. The molecule has 0 radical (unpaired) electrons. The van der Waals surface area contributed by atoms with Crippen molar-refractivity contribution < 1.29 is 9.59 Å². The Bertz CT molecular complexity index is 253. The molecule has 0 aliphatic heterocycles. The number of hydrogen-bond donors (Lipinski definition) is 1. The van der Waals surface area contributed by atoms with Gasteiger partial charge in [-0.2, -0.15) is 0 Å². The molecule has 0 saturated heterocycles. The smallest absolute Gasteiger partial charge is 0.216 e. The van der Waals surface area contributed by atoms with Crippen LogP contribution in [0.25, 0.3) is 0 Å². The Morgan fingerprint density at radius 2 is 2.00 bits per heavy atom. The SMILES string of the molecule is C#CC(CCNC(C)=O)C(C)C(C)=O. The number of terminal acetylenes is 1. The maximum Gasteiger partial charge on any atom is 0.216 e. The number of nitrogens with one attached hydrogen (secondary N) is 1. The Labute approximate surface area is 85.3 Å². The van der Waals surface area contributed by atoms with Gasteiger partial charge in [-0.25, -0.2) is 0 Å². The van der Waals surface area contributed by atoms with Crippen molar-refractivity contribution in [3.05, 3.63) is 0 Å². The first kappa shape index (κ1) is 12.7. The third kappa shape index (κ3) is 4.66. The zero-order chi connectivity index (χ0) is 11.1. The van der Waals surface area contributed by atoms with Crippen LogP contribution in [0.1, 0.15) is 27.2 Å². The molecule has 3 heteroatoms. The van der Waals surface area contributed by atoms with Gasteiger partial charge in [0.1, 0.15) is 5.78 Å². The largest absolute Gasteiger partial charge is 0.356 e. The number of carbonyl (C=O) groups excluding carboxylic acids is 2. The van der Waals surface area contributed by atoms with Gasteiger partial charge >= 0.3 is 0 Å². The first-order valence-electron chi connectivity index (χ1n) is 4.70. The minimum atomic E-state index is -0.131. The van der Waals surface area contributed by atoms with Gasteiger partial charge in [0.15, 0.2) is 0 Å². The van der Waals surface area contributed by atoms with E-state index in [-0.39, 0.29) is 23.5 Å². The van der Waals surface area contributed by atoms with E-state index in [1.807, 2.05) is 6.92 Å². The van der Waals surface area contributed by atoms with E-state index < -0.39 is 0 Å². The van der Waals surface area contributed by atoms with E-state index >= 15 is 0 Å². The standard InChI is InChI=1S/C11H17NO2/c1-5-11(8(2)9(3)13)6-7-12-10(4)14/h1,8,11H,6-7H2,2-4H3,(H,12,14). The third-order valence-electron chi connectivity index (χ3n) is 2.29. The third-order valence-corrected chi connectivity index (χ3v) is 2.29. The van der Waals surface area contributed by atoms with E-state index in [0.717, 1.165) is 0 Å². The van der Waals surface area contributed by atoms with Crippen molar-refractivity contribution in [2.24, 2.45) is 11.8 Å². The molecule has 78 valence electrons. The summed E-state index contributed by atoms with van der Waals surface area (Å²) in [5.41, 5.74) is 0. The van der Waals surface area contributed by atoms with Crippen LogP contribution in [0.4, 0.5) is 0 Å². The molecule has 0 aromatic heterocycles. The molecule has 3 nitrogen and oxygen atoms in total. The minimum Gasteiger partial charge on any atom is -0.356 e. The van der Waals surface area contributed by atoms with Gasteiger partial charge in [-0.3, -0.25) is 9.59 Å². The van der Waals surface area contributed by atoms with Crippen LogP contribution in [0.15, 0.2) is 0 Å². The Balaban J connectivity index is 3.99. The van der Waals surface area contributed by atoms with Crippen molar-refractivity contribution in [1.29, 1.82) is 0 Å². The Hall–Kier alpha value is -1.30. The van der Waals surface area contributed by atoms with Crippen LogP contribution in [0.5, 0.6) is 0 Å². The fourth-order valence-corrected chi connectivity index (χ4v) is 1.16. The molecule has 14 heavy (non-hydrogen) atoms. The van der Waals surface area contributed by atoms with E-state index in [4.69, 9.17) is 6.42 Å². The lowest BCUT2D eigenvalue weighted by Crippen LogP contribution is -2.26. The van der Waals surface area contributed by atoms with E-state index in [1.54, 1.807) is 0 Å². The molecule has 2 atom stereocenters. The van der Waals surface area contributed by atoms with Crippen molar-refractivity contribution >= 4 is 11.7 Å². The second kappa shape index (κ2) is 6.20. The molecule has 2 unspecified atom stereocenters. The number of Topliss-reactive ketones (excluding diaryl/α,β-unsaturated/α-hetero) is 1. The van der Waals surface area contributed by atoms with Gasteiger partial charge in [-0.15, -0.1) is 12.3 Å². The molecule has 0 aliphatic rings. The lowest BCUT2D eigenvalue weighted by Gasteiger charge is -2.16. The molecule has 0 fully saturated rings. The highest BCUT2D eigenvalue weighted by molar-refractivity contribution is 5.78. The summed E-state index contributed by atoms with van der Waals surface area (Å²) in [6.45, 7) is 5.34.